The van der Waals surface area contributed by atoms with Crippen LogP contribution >= 0.6 is 0 Å². The van der Waals surface area contributed by atoms with E-state index in [2.05, 4.69) is 5.32 Å². The lowest BCUT2D eigenvalue weighted by Crippen LogP contribution is -2.48. The number of hydrogen-bond donors (Lipinski definition) is 6. The van der Waals surface area contributed by atoms with E-state index >= 15 is 0 Å². The van der Waals surface area contributed by atoms with Crippen LogP contribution in [0.15, 0.2) is 12.2 Å². The molecule has 4 atom stereocenters. The van der Waals surface area contributed by atoms with Gasteiger partial charge in [0.05, 0.1) is 6.61 Å². The van der Waals surface area contributed by atoms with Gasteiger partial charge in [-0.05, 0) is 6.08 Å². The second-order valence-electron chi connectivity index (χ2n) is 3.53. The Bertz CT molecular complexity index is 317. The van der Waals surface area contributed by atoms with Crippen molar-refractivity contribution in [1.82, 2.24) is 5.32 Å². The molecule has 0 unspecified atom stereocenters. The molecule has 104 valence electrons. The molecule has 0 aromatic carbocycles. The zero-order valence-corrected chi connectivity index (χ0v) is 9.72. The van der Waals surface area contributed by atoms with E-state index in [0.29, 0.717) is 0 Å². The third kappa shape index (κ3) is 4.90. The van der Waals surface area contributed by atoms with Gasteiger partial charge in [-0.15, -0.1) is 0 Å². The first-order valence-corrected chi connectivity index (χ1v) is 5.11. The fourth-order valence-corrected chi connectivity index (χ4v) is 1.03. The second kappa shape index (κ2) is 7.90. The summed E-state index contributed by atoms with van der Waals surface area (Å²) >= 11 is 0. The molecule has 0 fully saturated rings. The predicted octanol–water partition coefficient (Wildman–Crippen LogP) is -3.71. The lowest BCUT2D eigenvalue weighted by molar-refractivity contribution is -0.142. The number of ketones is 1. The van der Waals surface area contributed by atoms with Crippen LogP contribution in [0.25, 0.3) is 0 Å². The van der Waals surface area contributed by atoms with E-state index in [1.54, 1.807) is 0 Å². The molecule has 0 aromatic heterocycles. The van der Waals surface area contributed by atoms with Crippen LogP contribution in [0.3, 0.4) is 0 Å². The molecule has 0 radical (unpaired) electrons. The molecule has 8 nitrogen and oxygen atoms in total. The number of amides is 1. The Morgan fingerprint density at radius 1 is 1.11 bits per heavy atom. The molecule has 0 aliphatic rings. The van der Waals surface area contributed by atoms with Crippen molar-refractivity contribution >= 4 is 11.7 Å². The van der Waals surface area contributed by atoms with Crippen LogP contribution < -0.4 is 5.32 Å². The summed E-state index contributed by atoms with van der Waals surface area (Å²) in [7, 11) is 1.34. The van der Waals surface area contributed by atoms with Crippen LogP contribution in [-0.4, -0.2) is 75.3 Å². The number of carbonyl (C=O) groups is 2. The predicted molar refractivity (Wildman–Crippen MR) is 59.3 cm³/mol. The zero-order valence-electron chi connectivity index (χ0n) is 9.72. The molecular weight excluding hydrogens is 246 g/mol. The average Bonchev–Trinajstić information content (AvgIpc) is 2.40. The number of likely N-dealkylation sites (N-methyl/N-ethyl adjacent to an activating group) is 1. The summed E-state index contributed by atoms with van der Waals surface area (Å²) in [5.74, 6) is -1.60. The number of nitrogens with one attached hydrogen (secondary N) is 1. The molecule has 0 aliphatic carbocycles. The molecule has 0 saturated heterocycles. The summed E-state index contributed by atoms with van der Waals surface area (Å²) in [6.07, 6.45) is -6.00. The minimum atomic E-state index is -2.01. The average molecular weight is 263 g/mol. The Balaban J connectivity index is 4.54. The molecule has 0 bridgehead atoms. The summed E-state index contributed by atoms with van der Waals surface area (Å²) in [5, 5.41) is 47.7. The topological polar surface area (TPSA) is 147 Å². The van der Waals surface area contributed by atoms with E-state index in [-0.39, 0.29) is 0 Å². The third-order valence-electron chi connectivity index (χ3n) is 2.19. The fourth-order valence-electron chi connectivity index (χ4n) is 1.03. The molecular formula is C10H17NO7. The Kier molecular flexibility index (Phi) is 7.32. The minimum Gasteiger partial charge on any atom is -0.394 e. The monoisotopic (exact) mass is 263 g/mol. The molecule has 1 amide bonds. The van der Waals surface area contributed by atoms with Crippen LogP contribution in [0.1, 0.15) is 0 Å². The number of aliphatic hydroxyl groups is 5. The maximum Gasteiger partial charge on any atom is 0.243 e. The first-order chi connectivity index (χ1) is 8.34. The standard InChI is InChI=1S/C10H17NO7/c1-11-7(15)3-2-5(13)8(16)10(18)9(17)6(14)4-12/h2-3,6,8-10,12,14,16-18H,4H2,1H3,(H,11,15)/t6-,8+,9-,10-/m1/s1. The molecule has 0 heterocycles. The van der Waals surface area contributed by atoms with Crippen LogP contribution in [0.5, 0.6) is 0 Å². The van der Waals surface area contributed by atoms with Crippen LogP contribution in [0.4, 0.5) is 0 Å². The highest BCUT2D eigenvalue weighted by molar-refractivity contribution is 5.99. The maximum absolute atomic E-state index is 11.3. The lowest BCUT2D eigenvalue weighted by atomic mass is 10.0. The van der Waals surface area contributed by atoms with E-state index in [1.165, 1.54) is 7.05 Å². The molecule has 0 aliphatic heterocycles. The Morgan fingerprint density at radius 3 is 2.11 bits per heavy atom. The van der Waals surface area contributed by atoms with Gasteiger partial charge in [-0.3, -0.25) is 9.59 Å². The van der Waals surface area contributed by atoms with E-state index < -0.39 is 42.7 Å². The molecule has 6 N–H and O–H groups in total. The van der Waals surface area contributed by atoms with Gasteiger partial charge < -0.3 is 30.8 Å². The van der Waals surface area contributed by atoms with E-state index in [9.17, 15) is 24.9 Å². The van der Waals surface area contributed by atoms with Crippen molar-refractivity contribution in [3.63, 3.8) is 0 Å². The van der Waals surface area contributed by atoms with Gasteiger partial charge in [-0.25, -0.2) is 0 Å². The smallest absolute Gasteiger partial charge is 0.243 e. The molecule has 0 rings (SSSR count). The van der Waals surface area contributed by atoms with Gasteiger partial charge in [0.1, 0.15) is 24.4 Å². The van der Waals surface area contributed by atoms with E-state index in [0.717, 1.165) is 12.2 Å². The molecule has 18 heavy (non-hydrogen) atoms. The summed E-state index contributed by atoms with van der Waals surface area (Å²) in [4.78, 5) is 22.1. The highest BCUT2D eigenvalue weighted by Crippen LogP contribution is 2.06. The molecule has 8 heteroatoms. The Labute approximate surface area is 103 Å². The van der Waals surface area contributed by atoms with Crippen molar-refractivity contribution in [2.45, 2.75) is 24.4 Å². The van der Waals surface area contributed by atoms with Crippen LogP contribution in [-0.2, 0) is 9.59 Å². The number of hydrogen-bond acceptors (Lipinski definition) is 7. The van der Waals surface area contributed by atoms with Gasteiger partial charge in [0.15, 0.2) is 5.78 Å². The quantitative estimate of drug-likeness (QED) is 0.259. The first-order valence-electron chi connectivity index (χ1n) is 5.11. The van der Waals surface area contributed by atoms with E-state index in [4.69, 9.17) is 10.2 Å². The number of rotatable bonds is 7. The zero-order chi connectivity index (χ0) is 14.3. The van der Waals surface area contributed by atoms with Crippen molar-refractivity contribution in [3.05, 3.63) is 12.2 Å². The van der Waals surface area contributed by atoms with Gasteiger partial charge in [0.25, 0.3) is 0 Å². The fraction of sp³-hybridized carbons (Fsp3) is 0.600. The van der Waals surface area contributed by atoms with Gasteiger partial charge in [-0.1, -0.05) is 0 Å². The largest absolute Gasteiger partial charge is 0.394 e. The summed E-state index contributed by atoms with van der Waals surface area (Å²) in [6, 6.07) is 0. The van der Waals surface area contributed by atoms with Gasteiger partial charge in [-0.2, -0.15) is 0 Å². The number of carbonyl (C=O) groups excluding carboxylic acids is 2. The summed E-state index contributed by atoms with van der Waals surface area (Å²) in [5.41, 5.74) is 0. The Hall–Kier alpha value is -1.32. The lowest BCUT2D eigenvalue weighted by Gasteiger charge is -2.24. The maximum atomic E-state index is 11.3. The minimum absolute atomic E-state index is 0.582. The van der Waals surface area contributed by atoms with Crippen molar-refractivity contribution in [3.8, 4) is 0 Å². The normalized spacial score (nSPS) is 18.1. The SMILES string of the molecule is CNC(=O)C=CC(=O)[C@H](O)[C@@H](O)[C@H](O)[C@H](O)CO. The van der Waals surface area contributed by atoms with Crippen molar-refractivity contribution in [2.24, 2.45) is 0 Å². The van der Waals surface area contributed by atoms with Crippen LogP contribution in [0.2, 0.25) is 0 Å². The highest BCUT2D eigenvalue weighted by Gasteiger charge is 2.33. The molecule has 0 saturated carbocycles. The van der Waals surface area contributed by atoms with Crippen LogP contribution in [0, 0.1) is 0 Å². The summed E-state index contributed by atoms with van der Waals surface area (Å²) in [6.45, 7) is -0.840. The first kappa shape index (κ1) is 16.7. The third-order valence-corrected chi connectivity index (χ3v) is 2.19. The Morgan fingerprint density at radius 2 is 1.67 bits per heavy atom. The van der Waals surface area contributed by atoms with Gasteiger partial charge in [0.2, 0.25) is 5.91 Å². The highest BCUT2D eigenvalue weighted by atomic mass is 16.4. The van der Waals surface area contributed by atoms with Gasteiger partial charge in [0, 0.05) is 13.1 Å². The molecule has 0 aromatic rings. The van der Waals surface area contributed by atoms with Crippen molar-refractivity contribution < 1.29 is 35.1 Å². The summed E-state index contributed by atoms with van der Waals surface area (Å²) < 4.78 is 0. The van der Waals surface area contributed by atoms with Gasteiger partial charge >= 0.3 is 0 Å². The second-order valence-corrected chi connectivity index (χ2v) is 3.53. The van der Waals surface area contributed by atoms with E-state index in [1.807, 2.05) is 0 Å². The van der Waals surface area contributed by atoms with Crippen molar-refractivity contribution in [2.75, 3.05) is 13.7 Å². The molecule has 0 spiro atoms. The number of aliphatic hydroxyl groups excluding tert-OH is 5. The van der Waals surface area contributed by atoms with Crippen molar-refractivity contribution in [1.29, 1.82) is 0 Å².